The molecule has 0 radical (unpaired) electrons. The number of nitro benzene ring substituents is 1. The summed E-state index contributed by atoms with van der Waals surface area (Å²) in [5.41, 5.74) is -0.660. The van der Waals surface area contributed by atoms with Crippen molar-refractivity contribution in [3.63, 3.8) is 0 Å². The van der Waals surface area contributed by atoms with Crippen molar-refractivity contribution in [1.29, 1.82) is 0 Å². The molecule has 0 saturated heterocycles. The molecule has 1 N–H and O–H groups in total. The Balaban J connectivity index is 0. The topological polar surface area (TPSA) is 89.7 Å². The fourth-order valence-electron chi connectivity index (χ4n) is 1.06. The van der Waals surface area contributed by atoms with Gasteiger partial charge in [-0.15, -0.1) is 0 Å². The number of nitro groups is 1. The molecule has 0 spiro atoms. The Labute approximate surface area is 113 Å². The zero-order chi connectivity index (χ0) is 15.4. The summed E-state index contributed by atoms with van der Waals surface area (Å²) in [7, 11) is 1.18. The molecule has 0 saturated carbocycles. The van der Waals surface area contributed by atoms with Crippen LogP contribution in [0.25, 0.3) is 0 Å². The highest BCUT2D eigenvalue weighted by molar-refractivity contribution is 5.84. The third-order valence-electron chi connectivity index (χ3n) is 1.66. The first kappa shape index (κ1) is 19.2. The molecule has 1 aromatic rings. The maximum Gasteiger partial charge on any atom is 0.325 e. The summed E-state index contributed by atoms with van der Waals surface area (Å²) >= 11 is 0. The molecular formula is C13H21NO5. The van der Waals surface area contributed by atoms with E-state index in [1.54, 1.807) is 0 Å². The van der Waals surface area contributed by atoms with Gasteiger partial charge in [0.25, 0.3) is 0 Å². The molecule has 6 heteroatoms. The van der Waals surface area contributed by atoms with Gasteiger partial charge in [0.2, 0.25) is 5.75 Å². The number of ether oxygens (including phenoxy) is 1. The SMILES string of the molecule is CC.CCC.COc1c(O)ccc(C=O)c1[N+](=O)[O-]. The van der Waals surface area contributed by atoms with E-state index in [1.165, 1.54) is 13.5 Å². The highest BCUT2D eigenvalue weighted by Gasteiger charge is 2.23. The second-order valence-electron chi connectivity index (χ2n) is 3.14. The highest BCUT2D eigenvalue weighted by atomic mass is 16.6. The molecule has 1 aromatic carbocycles. The molecule has 108 valence electrons. The largest absolute Gasteiger partial charge is 0.504 e. The summed E-state index contributed by atoms with van der Waals surface area (Å²) in [6.07, 6.45) is 1.58. The Hall–Kier alpha value is -2.11. The van der Waals surface area contributed by atoms with E-state index >= 15 is 0 Å². The number of hydrogen-bond donors (Lipinski definition) is 1. The van der Waals surface area contributed by atoms with Gasteiger partial charge in [-0.1, -0.05) is 34.1 Å². The van der Waals surface area contributed by atoms with Gasteiger partial charge in [0.15, 0.2) is 12.0 Å². The van der Waals surface area contributed by atoms with Crippen LogP contribution in [0.2, 0.25) is 0 Å². The van der Waals surface area contributed by atoms with Gasteiger partial charge >= 0.3 is 5.69 Å². The summed E-state index contributed by atoms with van der Waals surface area (Å²) in [6, 6.07) is 2.32. The van der Waals surface area contributed by atoms with Crippen LogP contribution in [0.4, 0.5) is 5.69 Å². The van der Waals surface area contributed by atoms with Crippen LogP contribution < -0.4 is 4.74 Å². The molecule has 0 unspecified atom stereocenters. The zero-order valence-corrected chi connectivity index (χ0v) is 12.0. The van der Waals surface area contributed by atoms with Crippen LogP contribution in [0.3, 0.4) is 0 Å². The van der Waals surface area contributed by atoms with Gasteiger partial charge in [-0.05, 0) is 12.1 Å². The maximum absolute atomic E-state index is 10.6. The van der Waals surface area contributed by atoms with E-state index in [4.69, 9.17) is 0 Å². The number of hydrogen-bond acceptors (Lipinski definition) is 5. The number of carbonyl (C=O) groups excluding carboxylic acids is 1. The third-order valence-corrected chi connectivity index (χ3v) is 1.66. The van der Waals surface area contributed by atoms with Crippen LogP contribution in [-0.2, 0) is 0 Å². The van der Waals surface area contributed by atoms with Crippen molar-refractivity contribution in [3.8, 4) is 11.5 Å². The Bertz CT molecular complexity index is 404. The number of methoxy groups -OCH3 is 1. The first-order valence-electron chi connectivity index (χ1n) is 6.02. The average Bonchev–Trinajstić information content (AvgIpc) is 2.41. The standard InChI is InChI=1S/C8H7NO5.C3H8.C2H6/c1-14-8-6(11)3-2-5(4-10)7(8)9(12)13;1-3-2;1-2/h2-4,11H,1H3;3H2,1-2H3;1-2H3. The first-order valence-corrected chi connectivity index (χ1v) is 6.02. The van der Waals surface area contributed by atoms with Gasteiger partial charge in [-0.25, -0.2) is 0 Å². The summed E-state index contributed by atoms with van der Waals surface area (Å²) in [6.45, 7) is 8.25. The van der Waals surface area contributed by atoms with E-state index in [0.29, 0.717) is 6.29 Å². The van der Waals surface area contributed by atoms with Crippen molar-refractivity contribution >= 4 is 12.0 Å². The molecule has 1 rings (SSSR count). The summed E-state index contributed by atoms with van der Waals surface area (Å²) in [5.74, 6) is -0.676. The van der Waals surface area contributed by atoms with Crippen LogP contribution in [-0.4, -0.2) is 23.4 Å². The van der Waals surface area contributed by atoms with Crippen molar-refractivity contribution in [1.82, 2.24) is 0 Å². The average molecular weight is 271 g/mol. The van der Waals surface area contributed by atoms with E-state index in [2.05, 4.69) is 18.6 Å². The monoisotopic (exact) mass is 271 g/mol. The maximum atomic E-state index is 10.6. The summed E-state index contributed by atoms with van der Waals surface area (Å²) in [5, 5.41) is 19.8. The lowest BCUT2D eigenvalue weighted by atomic mass is 10.1. The van der Waals surface area contributed by atoms with Crippen LogP contribution in [0.5, 0.6) is 11.5 Å². The quantitative estimate of drug-likeness (QED) is 0.515. The van der Waals surface area contributed by atoms with Crippen LogP contribution in [0.15, 0.2) is 12.1 Å². The molecule has 0 amide bonds. The van der Waals surface area contributed by atoms with Gasteiger partial charge in [0.1, 0.15) is 0 Å². The summed E-state index contributed by atoms with van der Waals surface area (Å²) < 4.78 is 4.63. The smallest absolute Gasteiger partial charge is 0.325 e. The minimum absolute atomic E-state index is 0.135. The van der Waals surface area contributed by atoms with E-state index in [-0.39, 0.29) is 17.1 Å². The Morgan fingerprint density at radius 2 is 1.84 bits per heavy atom. The number of benzene rings is 1. The van der Waals surface area contributed by atoms with Crippen molar-refractivity contribution in [3.05, 3.63) is 27.8 Å². The second kappa shape index (κ2) is 11.0. The number of phenolic OH excluding ortho intramolecular Hbond substituents is 1. The number of aromatic hydroxyl groups is 1. The number of aldehydes is 1. The predicted molar refractivity (Wildman–Crippen MR) is 74.0 cm³/mol. The van der Waals surface area contributed by atoms with Gasteiger partial charge in [-0.3, -0.25) is 14.9 Å². The van der Waals surface area contributed by atoms with Crippen molar-refractivity contribution in [2.45, 2.75) is 34.1 Å². The molecule has 0 bridgehead atoms. The second-order valence-corrected chi connectivity index (χ2v) is 3.14. The number of nitrogens with zero attached hydrogens (tertiary/aromatic N) is 1. The molecule has 19 heavy (non-hydrogen) atoms. The van der Waals surface area contributed by atoms with E-state index in [9.17, 15) is 20.0 Å². The van der Waals surface area contributed by atoms with Crippen LogP contribution >= 0.6 is 0 Å². The third kappa shape index (κ3) is 5.85. The Morgan fingerprint density at radius 3 is 2.16 bits per heavy atom. The fraction of sp³-hybridized carbons (Fsp3) is 0.462. The van der Waals surface area contributed by atoms with Gasteiger partial charge in [0, 0.05) is 0 Å². The lowest BCUT2D eigenvalue weighted by Crippen LogP contribution is -1.98. The predicted octanol–water partition coefficient (Wildman–Crippen LogP) is 3.56. The fourth-order valence-corrected chi connectivity index (χ4v) is 1.06. The number of phenols is 1. The Kier molecular flexibility index (Phi) is 11.1. The lowest BCUT2D eigenvalue weighted by molar-refractivity contribution is -0.386. The molecule has 0 aromatic heterocycles. The van der Waals surface area contributed by atoms with Crippen LogP contribution in [0, 0.1) is 10.1 Å². The molecule has 0 aliphatic carbocycles. The molecular weight excluding hydrogens is 250 g/mol. The van der Waals surface area contributed by atoms with Gasteiger partial charge in [0.05, 0.1) is 17.6 Å². The molecule has 0 fully saturated rings. The lowest BCUT2D eigenvalue weighted by Gasteiger charge is -2.04. The van der Waals surface area contributed by atoms with E-state index in [0.717, 1.165) is 12.1 Å². The molecule has 6 nitrogen and oxygen atoms in total. The molecule has 0 aliphatic heterocycles. The van der Waals surface area contributed by atoms with Gasteiger partial charge < -0.3 is 9.84 Å². The Morgan fingerprint density at radius 1 is 1.37 bits per heavy atom. The first-order chi connectivity index (χ1) is 9.03. The minimum atomic E-state index is -0.776. The number of carbonyl (C=O) groups is 1. The summed E-state index contributed by atoms with van der Waals surface area (Å²) in [4.78, 5) is 20.3. The van der Waals surface area contributed by atoms with Crippen molar-refractivity contribution < 1.29 is 19.6 Å². The van der Waals surface area contributed by atoms with Crippen molar-refractivity contribution in [2.75, 3.05) is 7.11 Å². The van der Waals surface area contributed by atoms with E-state index in [1.807, 2.05) is 13.8 Å². The number of rotatable bonds is 3. The molecule has 0 aliphatic rings. The van der Waals surface area contributed by atoms with Gasteiger partial charge in [-0.2, -0.15) is 0 Å². The molecule has 0 atom stereocenters. The molecule has 0 heterocycles. The van der Waals surface area contributed by atoms with E-state index < -0.39 is 10.6 Å². The normalized spacial score (nSPS) is 8.26. The highest BCUT2D eigenvalue weighted by Crippen LogP contribution is 2.37. The van der Waals surface area contributed by atoms with Crippen molar-refractivity contribution in [2.24, 2.45) is 0 Å². The minimum Gasteiger partial charge on any atom is -0.504 e. The van der Waals surface area contributed by atoms with Crippen LogP contribution in [0.1, 0.15) is 44.5 Å². The zero-order valence-electron chi connectivity index (χ0n) is 12.0.